The Morgan fingerprint density at radius 2 is 2.26 bits per heavy atom. The standard InChI is InChI=1S/C14H17N3O2/c1-17(8-11-5-6-19-10-11)9-14(18)16-13-4-2-3-12(15)7-13/h2-7,10H,8-9,15H2,1H3,(H,16,18). The Bertz CT molecular complexity index is 537. The molecule has 1 amide bonds. The maximum atomic E-state index is 11.8. The van der Waals surface area contributed by atoms with Crippen molar-refractivity contribution in [1.82, 2.24) is 4.90 Å². The largest absolute Gasteiger partial charge is 0.472 e. The molecule has 2 aromatic rings. The second-order valence-electron chi connectivity index (χ2n) is 4.48. The van der Waals surface area contributed by atoms with E-state index in [9.17, 15) is 4.79 Å². The molecule has 1 heterocycles. The van der Waals surface area contributed by atoms with Gasteiger partial charge in [0.15, 0.2) is 0 Å². The monoisotopic (exact) mass is 259 g/mol. The highest BCUT2D eigenvalue weighted by Crippen LogP contribution is 2.11. The molecule has 0 radical (unpaired) electrons. The van der Waals surface area contributed by atoms with Crippen molar-refractivity contribution in [1.29, 1.82) is 0 Å². The summed E-state index contributed by atoms with van der Waals surface area (Å²) in [7, 11) is 1.88. The third-order valence-corrected chi connectivity index (χ3v) is 2.62. The quantitative estimate of drug-likeness (QED) is 0.805. The van der Waals surface area contributed by atoms with Crippen molar-refractivity contribution in [2.24, 2.45) is 0 Å². The molecule has 0 saturated carbocycles. The summed E-state index contributed by atoms with van der Waals surface area (Å²) in [5, 5.41) is 2.81. The molecule has 5 nitrogen and oxygen atoms in total. The number of amides is 1. The first kappa shape index (κ1) is 13.2. The maximum Gasteiger partial charge on any atom is 0.238 e. The maximum absolute atomic E-state index is 11.8. The normalized spacial score (nSPS) is 10.6. The molecule has 0 fully saturated rings. The molecule has 2 rings (SSSR count). The van der Waals surface area contributed by atoms with Crippen molar-refractivity contribution in [3.63, 3.8) is 0 Å². The molecular formula is C14H17N3O2. The lowest BCUT2D eigenvalue weighted by Gasteiger charge is -2.15. The van der Waals surface area contributed by atoms with Crippen LogP contribution in [0.1, 0.15) is 5.56 Å². The summed E-state index contributed by atoms with van der Waals surface area (Å²) >= 11 is 0. The minimum Gasteiger partial charge on any atom is -0.472 e. The second-order valence-corrected chi connectivity index (χ2v) is 4.48. The van der Waals surface area contributed by atoms with Gasteiger partial charge in [0.1, 0.15) is 0 Å². The Morgan fingerprint density at radius 3 is 2.95 bits per heavy atom. The second kappa shape index (κ2) is 6.06. The van der Waals surface area contributed by atoms with E-state index in [0.29, 0.717) is 24.5 Å². The van der Waals surface area contributed by atoms with Crippen molar-refractivity contribution in [2.45, 2.75) is 6.54 Å². The van der Waals surface area contributed by atoms with E-state index in [4.69, 9.17) is 10.2 Å². The molecule has 19 heavy (non-hydrogen) atoms. The summed E-state index contributed by atoms with van der Waals surface area (Å²) in [6.45, 7) is 0.973. The average molecular weight is 259 g/mol. The molecule has 0 bridgehead atoms. The number of benzene rings is 1. The predicted molar refractivity (Wildman–Crippen MR) is 74.5 cm³/mol. The highest BCUT2D eigenvalue weighted by atomic mass is 16.3. The summed E-state index contributed by atoms with van der Waals surface area (Å²) in [6.07, 6.45) is 3.29. The number of nitrogens with two attached hydrogens (primary N) is 1. The number of rotatable bonds is 5. The molecule has 100 valence electrons. The number of nitrogens with zero attached hydrogens (tertiary/aromatic N) is 1. The fourth-order valence-corrected chi connectivity index (χ4v) is 1.81. The van der Waals surface area contributed by atoms with Crippen LogP contribution in [0.4, 0.5) is 11.4 Å². The number of carbonyl (C=O) groups is 1. The van der Waals surface area contributed by atoms with Gasteiger partial charge in [0.25, 0.3) is 0 Å². The van der Waals surface area contributed by atoms with E-state index < -0.39 is 0 Å². The molecule has 1 aromatic heterocycles. The Hall–Kier alpha value is -2.27. The first-order valence-electron chi connectivity index (χ1n) is 5.98. The zero-order valence-corrected chi connectivity index (χ0v) is 10.8. The van der Waals surface area contributed by atoms with E-state index >= 15 is 0 Å². The van der Waals surface area contributed by atoms with Gasteiger partial charge in [0.2, 0.25) is 5.91 Å². The van der Waals surface area contributed by atoms with Crippen LogP contribution < -0.4 is 11.1 Å². The highest BCUT2D eigenvalue weighted by molar-refractivity contribution is 5.92. The molecule has 3 N–H and O–H groups in total. The minimum atomic E-state index is -0.0726. The Kier molecular flexibility index (Phi) is 4.20. The molecule has 0 unspecified atom stereocenters. The topological polar surface area (TPSA) is 71.5 Å². The minimum absolute atomic E-state index is 0.0726. The fourth-order valence-electron chi connectivity index (χ4n) is 1.81. The van der Waals surface area contributed by atoms with E-state index in [2.05, 4.69) is 5.32 Å². The van der Waals surface area contributed by atoms with Gasteiger partial charge in [-0.2, -0.15) is 0 Å². The number of hydrogen-bond acceptors (Lipinski definition) is 4. The molecule has 0 spiro atoms. The summed E-state index contributed by atoms with van der Waals surface area (Å²) < 4.78 is 4.99. The zero-order chi connectivity index (χ0) is 13.7. The SMILES string of the molecule is CN(CC(=O)Nc1cccc(N)c1)Cc1ccoc1. The predicted octanol–water partition coefficient (Wildman–Crippen LogP) is 1.93. The van der Waals surface area contributed by atoms with Crippen LogP contribution in [0.25, 0.3) is 0 Å². The van der Waals surface area contributed by atoms with Crippen molar-refractivity contribution in [3.8, 4) is 0 Å². The number of furan rings is 1. The van der Waals surface area contributed by atoms with Crippen LogP contribution in [0.15, 0.2) is 47.3 Å². The van der Waals surface area contributed by atoms with Gasteiger partial charge in [-0.05, 0) is 31.3 Å². The number of likely N-dealkylation sites (N-methyl/N-ethyl adjacent to an activating group) is 1. The van der Waals surface area contributed by atoms with Gasteiger partial charge >= 0.3 is 0 Å². The van der Waals surface area contributed by atoms with Crippen molar-refractivity contribution < 1.29 is 9.21 Å². The van der Waals surface area contributed by atoms with Gasteiger partial charge in [-0.1, -0.05) is 6.07 Å². The van der Waals surface area contributed by atoms with Crippen molar-refractivity contribution in [3.05, 3.63) is 48.4 Å². The third-order valence-electron chi connectivity index (χ3n) is 2.62. The summed E-state index contributed by atoms with van der Waals surface area (Å²) in [5.41, 5.74) is 8.03. The van der Waals surface area contributed by atoms with Gasteiger partial charge in [-0.15, -0.1) is 0 Å². The first-order valence-corrected chi connectivity index (χ1v) is 5.98. The summed E-state index contributed by atoms with van der Waals surface area (Å²) in [4.78, 5) is 13.8. The van der Waals surface area contributed by atoms with Gasteiger partial charge in [-0.25, -0.2) is 0 Å². The molecule has 0 aliphatic heterocycles. The van der Waals surface area contributed by atoms with Crippen LogP contribution in [0.2, 0.25) is 0 Å². The van der Waals surface area contributed by atoms with Gasteiger partial charge in [-0.3, -0.25) is 9.69 Å². The van der Waals surface area contributed by atoms with Crippen LogP contribution in [-0.2, 0) is 11.3 Å². The summed E-state index contributed by atoms with van der Waals surface area (Å²) in [6, 6.07) is 9.01. The van der Waals surface area contributed by atoms with E-state index in [-0.39, 0.29) is 5.91 Å². The molecule has 0 aliphatic rings. The Morgan fingerprint density at radius 1 is 1.42 bits per heavy atom. The number of anilines is 2. The Balaban J connectivity index is 1.84. The van der Waals surface area contributed by atoms with Gasteiger partial charge in [0, 0.05) is 23.5 Å². The lowest BCUT2D eigenvalue weighted by Crippen LogP contribution is -2.29. The smallest absolute Gasteiger partial charge is 0.238 e. The molecular weight excluding hydrogens is 242 g/mol. The van der Waals surface area contributed by atoms with Crippen LogP contribution >= 0.6 is 0 Å². The van der Waals surface area contributed by atoms with Crippen LogP contribution in [0.3, 0.4) is 0 Å². The molecule has 1 aromatic carbocycles. The third kappa shape index (κ3) is 4.15. The van der Waals surface area contributed by atoms with E-state index in [1.807, 2.05) is 24.1 Å². The molecule has 5 heteroatoms. The average Bonchev–Trinajstić information content (AvgIpc) is 2.81. The van der Waals surface area contributed by atoms with Crippen molar-refractivity contribution >= 4 is 17.3 Å². The Labute approximate surface area is 112 Å². The van der Waals surface area contributed by atoms with Gasteiger partial charge < -0.3 is 15.5 Å². The van der Waals surface area contributed by atoms with Gasteiger partial charge in [0.05, 0.1) is 19.1 Å². The molecule has 0 aliphatic carbocycles. The number of hydrogen-bond donors (Lipinski definition) is 2. The van der Waals surface area contributed by atoms with Crippen LogP contribution in [-0.4, -0.2) is 24.4 Å². The van der Waals surface area contributed by atoms with E-state index in [0.717, 1.165) is 5.56 Å². The lowest BCUT2D eigenvalue weighted by atomic mass is 10.3. The number of nitrogen functional groups attached to an aromatic ring is 1. The van der Waals surface area contributed by atoms with Crippen LogP contribution in [0.5, 0.6) is 0 Å². The number of nitrogens with one attached hydrogen (secondary N) is 1. The highest BCUT2D eigenvalue weighted by Gasteiger charge is 2.08. The summed E-state index contributed by atoms with van der Waals surface area (Å²) in [5.74, 6) is -0.0726. The lowest BCUT2D eigenvalue weighted by molar-refractivity contribution is -0.117. The fraction of sp³-hybridized carbons (Fsp3) is 0.214. The molecule has 0 atom stereocenters. The zero-order valence-electron chi connectivity index (χ0n) is 10.8. The van der Waals surface area contributed by atoms with E-state index in [1.54, 1.807) is 30.7 Å². The van der Waals surface area contributed by atoms with Crippen LogP contribution in [0, 0.1) is 0 Å². The first-order chi connectivity index (χ1) is 9.13. The van der Waals surface area contributed by atoms with E-state index in [1.165, 1.54) is 0 Å². The molecule has 0 saturated heterocycles. The number of carbonyl (C=O) groups excluding carboxylic acids is 1. The van der Waals surface area contributed by atoms with Crippen molar-refractivity contribution in [2.75, 3.05) is 24.6 Å².